The minimum atomic E-state index is -4.00. The second kappa shape index (κ2) is 3.80. The van der Waals surface area contributed by atoms with Gasteiger partial charge in [0, 0.05) is 4.21 Å². The molecule has 0 unspecified atom stereocenters. The molecule has 0 aromatic rings. The predicted octanol–water partition coefficient (Wildman–Crippen LogP) is 1.71. The fourth-order valence-electron chi connectivity index (χ4n) is 0.287. The van der Waals surface area contributed by atoms with Gasteiger partial charge in [0.25, 0.3) is 0 Å². The Kier molecular flexibility index (Phi) is 3.70. The molecule has 0 atom stereocenters. The van der Waals surface area contributed by atoms with E-state index in [1.807, 2.05) is 0 Å². The minimum Gasteiger partial charge on any atom is -0.204 e. The van der Waals surface area contributed by atoms with Crippen molar-refractivity contribution in [2.75, 3.05) is 5.75 Å². The second-order valence-corrected chi connectivity index (χ2v) is 2.28. The van der Waals surface area contributed by atoms with E-state index in [-0.39, 0.29) is 11.7 Å². The van der Waals surface area contributed by atoms with Crippen molar-refractivity contribution in [2.45, 2.75) is 18.8 Å². The molecule has 0 aliphatic heterocycles. The van der Waals surface area contributed by atoms with Gasteiger partial charge in [-0.15, -0.1) is 0 Å². The maximum Gasteiger partial charge on any atom is 0.458 e. The second-order valence-electron chi connectivity index (χ2n) is 1.63. The van der Waals surface area contributed by atoms with Gasteiger partial charge in [0.05, 0.1) is 6.42 Å². The molecular formula is C4H5F4OS+. The number of hydrogen-bond donors (Lipinski definition) is 0. The zero-order valence-electron chi connectivity index (χ0n) is 4.82. The number of alkyl halides is 4. The van der Waals surface area contributed by atoms with Crippen LogP contribution in [0.4, 0.5) is 17.6 Å². The molecule has 6 heteroatoms. The fourth-order valence-corrected chi connectivity index (χ4v) is 0.642. The van der Waals surface area contributed by atoms with E-state index in [4.69, 9.17) is 0 Å². The highest BCUT2D eigenvalue weighted by Crippen LogP contribution is 2.25. The Morgan fingerprint density at radius 2 is 1.90 bits per heavy atom. The molecule has 0 aliphatic rings. The van der Waals surface area contributed by atoms with E-state index < -0.39 is 24.5 Å². The van der Waals surface area contributed by atoms with Crippen LogP contribution in [0.25, 0.3) is 0 Å². The first-order chi connectivity index (χ1) is 4.50. The third kappa shape index (κ3) is 3.05. The van der Waals surface area contributed by atoms with E-state index in [0.717, 1.165) is 0 Å². The van der Waals surface area contributed by atoms with Crippen LogP contribution in [0.1, 0.15) is 6.42 Å². The summed E-state index contributed by atoms with van der Waals surface area (Å²) in [5.74, 6) is -4.49. The smallest absolute Gasteiger partial charge is 0.204 e. The maximum atomic E-state index is 11.8. The van der Waals surface area contributed by atoms with Crippen molar-refractivity contribution in [1.82, 2.24) is 0 Å². The van der Waals surface area contributed by atoms with Gasteiger partial charge in [-0.1, -0.05) is 0 Å². The van der Waals surface area contributed by atoms with Gasteiger partial charge in [-0.3, -0.25) is 0 Å². The molecule has 60 valence electrons. The molecule has 0 aliphatic carbocycles. The lowest BCUT2D eigenvalue weighted by Crippen LogP contribution is -2.27. The van der Waals surface area contributed by atoms with Gasteiger partial charge < -0.3 is 0 Å². The molecule has 0 spiro atoms. The summed E-state index contributed by atoms with van der Waals surface area (Å²) in [6.07, 6.45) is -4.72. The highest BCUT2D eigenvalue weighted by molar-refractivity contribution is 7.65. The van der Waals surface area contributed by atoms with Gasteiger partial charge in [0.1, 0.15) is 0 Å². The molecule has 0 N–H and O–H groups in total. The molecule has 0 aromatic carbocycles. The van der Waals surface area contributed by atoms with Gasteiger partial charge in [-0.2, -0.15) is 0 Å². The largest absolute Gasteiger partial charge is 0.458 e. The first kappa shape index (κ1) is 9.74. The molecule has 0 heterocycles. The topological polar surface area (TPSA) is 17.1 Å². The molecule has 0 aromatic heterocycles. The van der Waals surface area contributed by atoms with Crippen LogP contribution in [0, 0.1) is 0 Å². The number of halogens is 4. The highest BCUT2D eigenvalue weighted by Gasteiger charge is 2.41. The van der Waals surface area contributed by atoms with Crippen molar-refractivity contribution in [3.8, 4) is 0 Å². The fraction of sp³-hybridized carbons (Fsp3) is 1.00. The van der Waals surface area contributed by atoms with Crippen LogP contribution in [-0.4, -0.2) is 18.1 Å². The Hall–Kier alpha value is -0.260. The summed E-state index contributed by atoms with van der Waals surface area (Å²) >= 11 is -0.117. The third-order valence-corrected chi connectivity index (χ3v) is 1.21. The van der Waals surface area contributed by atoms with E-state index in [2.05, 4.69) is 0 Å². The predicted molar refractivity (Wildman–Crippen MR) is 28.5 cm³/mol. The summed E-state index contributed by atoms with van der Waals surface area (Å²) in [6, 6.07) is 0. The summed E-state index contributed by atoms with van der Waals surface area (Å²) in [6.45, 7) is 0. The Balaban J connectivity index is 3.74. The Labute approximate surface area is 58.9 Å². The van der Waals surface area contributed by atoms with Crippen molar-refractivity contribution in [1.29, 1.82) is 0 Å². The minimum absolute atomic E-state index is 0.117. The molecule has 10 heavy (non-hydrogen) atoms. The molecule has 0 bridgehead atoms. The lowest BCUT2D eigenvalue weighted by molar-refractivity contribution is -0.129. The van der Waals surface area contributed by atoms with Crippen LogP contribution in [0.5, 0.6) is 0 Å². The molecule has 0 saturated heterocycles. The summed E-state index contributed by atoms with van der Waals surface area (Å²) in [4.78, 5) is 0. The first-order valence-corrected chi connectivity index (χ1v) is 3.32. The van der Waals surface area contributed by atoms with Crippen LogP contribution >= 0.6 is 0 Å². The average Bonchev–Trinajstić information content (AvgIpc) is 1.84. The SMILES string of the molecule is O=[S+]CCC(F)(F)C(F)F. The number of hydrogen-bond acceptors (Lipinski definition) is 1. The van der Waals surface area contributed by atoms with Crippen molar-refractivity contribution < 1.29 is 21.8 Å². The molecular weight excluding hydrogens is 172 g/mol. The van der Waals surface area contributed by atoms with Gasteiger partial charge in [-0.05, 0) is 0 Å². The zero-order chi connectivity index (χ0) is 8.20. The van der Waals surface area contributed by atoms with Crippen molar-refractivity contribution in [3.05, 3.63) is 0 Å². The van der Waals surface area contributed by atoms with Crippen LogP contribution in [-0.2, 0) is 15.9 Å². The zero-order valence-corrected chi connectivity index (χ0v) is 5.64. The average molecular weight is 177 g/mol. The summed E-state index contributed by atoms with van der Waals surface area (Å²) in [5, 5.41) is 0. The van der Waals surface area contributed by atoms with Crippen LogP contribution in [0.3, 0.4) is 0 Å². The van der Waals surface area contributed by atoms with Crippen LogP contribution in [0.2, 0.25) is 0 Å². The normalized spacial score (nSPS) is 12.1. The number of rotatable bonds is 4. The molecule has 0 rings (SSSR count). The highest BCUT2D eigenvalue weighted by atomic mass is 32.1. The Bertz CT molecular complexity index is 116. The van der Waals surface area contributed by atoms with Crippen LogP contribution in [0.15, 0.2) is 0 Å². The monoisotopic (exact) mass is 177 g/mol. The van der Waals surface area contributed by atoms with Crippen molar-refractivity contribution in [2.24, 2.45) is 0 Å². The first-order valence-electron chi connectivity index (χ1n) is 2.41. The van der Waals surface area contributed by atoms with E-state index in [9.17, 15) is 21.8 Å². The van der Waals surface area contributed by atoms with E-state index in [0.29, 0.717) is 0 Å². The van der Waals surface area contributed by atoms with E-state index in [1.54, 1.807) is 0 Å². The molecule has 0 radical (unpaired) electrons. The molecule has 0 fully saturated rings. The molecule has 0 saturated carbocycles. The van der Waals surface area contributed by atoms with E-state index >= 15 is 0 Å². The Morgan fingerprint density at radius 1 is 1.40 bits per heavy atom. The van der Waals surface area contributed by atoms with Gasteiger partial charge >= 0.3 is 24.0 Å². The standard InChI is InChI=1S/C4H5F4OS/c5-3(6)4(7,8)1-2-10-9/h3H,1-2H2/q+1. The summed E-state index contributed by atoms with van der Waals surface area (Å²) in [5.41, 5.74) is 0. The third-order valence-electron chi connectivity index (χ3n) is 0.838. The van der Waals surface area contributed by atoms with E-state index in [1.165, 1.54) is 0 Å². The summed E-state index contributed by atoms with van der Waals surface area (Å²) < 4.78 is 55.7. The maximum absolute atomic E-state index is 11.8. The van der Waals surface area contributed by atoms with Crippen molar-refractivity contribution >= 4 is 11.7 Å². The van der Waals surface area contributed by atoms with Gasteiger partial charge in [-0.25, -0.2) is 17.6 Å². The van der Waals surface area contributed by atoms with Crippen molar-refractivity contribution in [3.63, 3.8) is 0 Å². The molecule has 1 nitrogen and oxygen atoms in total. The lowest BCUT2D eigenvalue weighted by Gasteiger charge is -2.09. The molecule has 0 amide bonds. The quantitative estimate of drug-likeness (QED) is 0.472. The summed E-state index contributed by atoms with van der Waals surface area (Å²) in [7, 11) is 0. The van der Waals surface area contributed by atoms with Crippen LogP contribution < -0.4 is 0 Å². The lowest BCUT2D eigenvalue weighted by atomic mass is 10.3. The Morgan fingerprint density at radius 3 is 2.20 bits per heavy atom. The van der Waals surface area contributed by atoms with Gasteiger partial charge in [0.15, 0.2) is 0 Å². The van der Waals surface area contributed by atoms with Gasteiger partial charge in [0.2, 0.25) is 5.75 Å².